The molecule has 3 N–H and O–H groups in total. The van der Waals surface area contributed by atoms with Crippen LogP contribution in [0.5, 0.6) is 5.75 Å². The van der Waals surface area contributed by atoms with Crippen molar-refractivity contribution >= 4 is 5.95 Å². The Hall–Kier alpha value is -3.00. The van der Waals surface area contributed by atoms with E-state index in [2.05, 4.69) is 35.6 Å². The third-order valence-electron chi connectivity index (χ3n) is 5.70. The maximum absolute atomic E-state index is 10.4. The summed E-state index contributed by atoms with van der Waals surface area (Å²) >= 11 is 0. The average Bonchev–Trinajstić information content (AvgIpc) is 3.37. The summed E-state index contributed by atoms with van der Waals surface area (Å²) in [5.74, 6) is 0.796. The number of nitrogens with one attached hydrogen (secondary N) is 2. The van der Waals surface area contributed by atoms with Crippen molar-refractivity contribution in [2.75, 3.05) is 18.0 Å². The van der Waals surface area contributed by atoms with Crippen molar-refractivity contribution in [3.05, 3.63) is 36.8 Å². The fourth-order valence-electron chi connectivity index (χ4n) is 3.86. The molecular weight excluding hydrogens is 354 g/mol. The maximum Gasteiger partial charge on any atom is 0.245 e. The van der Waals surface area contributed by atoms with Gasteiger partial charge >= 0.3 is 0 Å². The Kier molecular flexibility index (Phi) is 4.40. The third kappa shape index (κ3) is 3.31. The van der Waals surface area contributed by atoms with Crippen LogP contribution in [-0.2, 0) is 0 Å². The summed E-state index contributed by atoms with van der Waals surface area (Å²) in [6.07, 6.45) is 10.2. The maximum atomic E-state index is 10.4. The zero-order valence-electron chi connectivity index (χ0n) is 15.5. The highest BCUT2D eigenvalue weighted by atomic mass is 16.3. The van der Waals surface area contributed by atoms with Gasteiger partial charge in [0.15, 0.2) is 0 Å². The van der Waals surface area contributed by atoms with Gasteiger partial charge in [-0.3, -0.25) is 5.10 Å². The number of hydrogen-bond donors (Lipinski definition) is 3. The second kappa shape index (κ2) is 7.20. The van der Waals surface area contributed by atoms with E-state index < -0.39 is 0 Å². The minimum Gasteiger partial charge on any atom is -0.507 e. The van der Waals surface area contributed by atoms with E-state index in [4.69, 9.17) is 0 Å². The number of anilines is 1. The molecule has 3 heterocycles. The number of aromatic nitrogens is 5. The average molecular weight is 377 g/mol. The summed E-state index contributed by atoms with van der Waals surface area (Å²) in [5, 5.41) is 29.5. The molecule has 1 unspecified atom stereocenters. The number of aromatic amines is 1. The van der Waals surface area contributed by atoms with E-state index in [1.165, 1.54) is 19.3 Å². The number of phenolic OH excluding ortho intramolecular Hbond substituents is 1. The molecule has 2 aliphatic rings. The van der Waals surface area contributed by atoms with Crippen LogP contribution in [0.2, 0.25) is 0 Å². The molecule has 144 valence electrons. The van der Waals surface area contributed by atoms with Gasteiger partial charge in [0.1, 0.15) is 11.4 Å². The smallest absolute Gasteiger partial charge is 0.245 e. The highest BCUT2D eigenvalue weighted by molar-refractivity contribution is 5.73. The fraction of sp³-hybridized carbons (Fsp3) is 0.400. The summed E-state index contributed by atoms with van der Waals surface area (Å²) in [5.41, 5.74) is 2.98. The zero-order valence-corrected chi connectivity index (χ0v) is 15.5. The Balaban J connectivity index is 1.29. The summed E-state index contributed by atoms with van der Waals surface area (Å²) in [4.78, 5) is 6.67. The van der Waals surface area contributed by atoms with Crippen molar-refractivity contribution in [2.24, 2.45) is 0 Å². The molecular formula is C20H23N7O. The normalized spacial score (nSPS) is 19.7. The molecule has 1 saturated heterocycles. The van der Waals surface area contributed by atoms with Crippen molar-refractivity contribution in [2.45, 2.75) is 37.8 Å². The second-order valence-corrected chi connectivity index (χ2v) is 7.59. The van der Waals surface area contributed by atoms with Gasteiger partial charge in [-0.05, 0) is 37.0 Å². The Bertz CT molecular complexity index is 938. The van der Waals surface area contributed by atoms with Crippen molar-refractivity contribution in [3.8, 4) is 28.1 Å². The topological polar surface area (TPSA) is 103 Å². The molecule has 8 nitrogen and oxygen atoms in total. The van der Waals surface area contributed by atoms with Crippen LogP contribution in [-0.4, -0.2) is 55.7 Å². The lowest BCUT2D eigenvalue weighted by molar-refractivity contribution is 0.311. The number of phenols is 1. The summed E-state index contributed by atoms with van der Waals surface area (Å²) in [6, 6.07) is 6.66. The van der Waals surface area contributed by atoms with Crippen molar-refractivity contribution in [1.82, 2.24) is 30.7 Å². The van der Waals surface area contributed by atoms with E-state index >= 15 is 0 Å². The monoisotopic (exact) mass is 377 g/mol. The molecule has 0 bridgehead atoms. The van der Waals surface area contributed by atoms with Crippen LogP contribution >= 0.6 is 0 Å². The highest BCUT2D eigenvalue weighted by Crippen LogP contribution is 2.32. The van der Waals surface area contributed by atoms with E-state index in [9.17, 15) is 5.11 Å². The Morgan fingerprint density at radius 2 is 2.00 bits per heavy atom. The quantitative estimate of drug-likeness (QED) is 0.627. The van der Waals surface area contributed by atoms with Crippen molar-refractivity contribution in [3.63, 3.8) is 0 Å². The predicted octanol–water partition coefficient (Wildman–Crippen LogP) is 2.36. The molecule has 0 radical (unpaired) electrons. The minimum atomic E-state index is 0.147. The van der Waals surface area contributed by atoms with E-state index in [1.54, 1.807) is 24.7 Å². The summed E-state index contributed by atoms with van der Waals surface area (Å²) in [7, 11) is 0. The first-order valence-electron chi connectivity index (χ1n) is 9.79. The molecule has 0 amide bonds. The second-order valence-electron chi connectivity index (χ2n) is 7.59. The molecule has 5 rings (SSSR count). The van der Waals surface area contributed by atoms with Gasteiger partial charge in [-0.15, -0.1) is 10.2 Å². The number of aromatic hydroxyl groups is 1. The van der Waals surface area contributed by atoms with E-state index in [0.29, 0.717) is 29.3 Å². The first kappa shape index (κ1) is 17.1. The Morgan fingerprint density at radius 3 is 2.68 bits per heavy atom. The van der Waals surface area contributed by atoms with Gasteiger partial charge in [0, 0.05) is 42.5 Å². The van der Waals surface area contributed by atoms with Crippen LogP contribution in [0, 0.1) is 0 Å². The lowest BCUT2D eigenvalue weighted by Crippen LogP contribution is -2.43. The molecule has 1 aromatic carbocycles. The van der Waals surface area contributed by atoms with Gasteiger partial charge in [-0.2, -0.15) is 5.10 Å². The first-order valence-corrected chi connectivity index (χ1v) is 9.79. The molecule has 2 aromatic heterocycles. The highest BCUT2D eigenvalue weighted by Gasteiger charge is 2.28. The summed E-state index contributed by atoms with van der Waals surface area (Å²) in [6.45, 7) is 1.86. The first-order chi connectivity index (χ1) is 13.8. The molecule has 8 heteroatoms. The Labute approximate surface area is 163 Å². The zero-order chi connectivity index (χ0) is 18.9. The molecule has 3 aromatic rings. The molecule has 0 spiro atoms. The summed E-state index contributed by atoms with van der Waals surface area (Å²) < 4.78 is 0. The van der Waals surface area contributed by atoms with Crippen LogP contribution in [0.15, 0.2) is 36.8 Å². The molecule has 28 heavy (non-hydrogen) atoms. The van der Waals surface area contributed by atoms with Crippen molar-refractivity contribution < 1.29 is 5.11 Å². The van der Waals surface area contributed by atoms with Crippen LogP contribution in [0.3, 0.4) is 0 Å². The molecule has 2 fully saturated rings. The largest absolute Gasteiger partial charge is 0.507 e. The standard InChI is InChI=1S/C20H23N7O/c28-19-8-13(14-9-22-23-10-14)4-5-17(19)18-11-21-20(26-25-18)27-7-6-16(12-27)24-15-2-1-3-15/h4-5,8-11,15-16,24,28H,1-3,6-7,12H2,(H,22,23). The molecule has 1 atom stereocenters. The van der Waals surface area contributed by atoms with E-state index in [-0.39, 0.29) is 5.75 Å². The molecule has 1 saturated carbocycles. The minimum absolute atomic E-state index is 0.147. The third-order valence-corrected chi connectivity index (χ3v) is 5.70. The van der Waals surface area contributed by atoms with Gasteiger partial charge in [0.05, 0.1) is 12.4 Å². The number of benzene rings is 1. The Morgan fingerprint density at radius 1 is 1.07 bits per heavy atom. The number of nitrogens with zero attached hydrogens (tertiary/aromatic N) is 5. The van der Waals surface area contributed by atoms with E-state index in [0.717, 1.165) is 30.6 Å². The van der Waals surface area contributed by atoms with E-state index in [1.807, 2.05) is 12.1 Å². The lowest BCUT2D eigenvalue weighted by atomic mass is 9.92. The van der Waals surface area contributed by atoms with Crippen LogP contribution in [0.1, 0.15) is 25.7 Å². The van der Waals surface area contributed by atoms with Gasteiger partial charge in [0.25, 0.3) is 0 Å². The van der Waals surface area contributed by atoms with Crippen LogP contribution < -0.4 is 10.2 Å². The predicted molar refractivity (Wildman–Crippen MR) is 106 cm³/mol. The lowest BCUT2D eigenvalue weighted by Gasteiger charge is -2.29. The number of rotatable bonds is 5. The van der Waals surface area contributed by atoms with Crippen molar-refractivity contribution in [1.29, 1.82) is 0 Å². The van der Waals surface area contributed by atoms with Gasteiger partial charge in [0.2, 0.25) is 5.95 Å². The van der Waals surface area contributed by atoms with Gasteiger partial charge in [-0.1, -0.05) is 12.5 Å². The fourth-order valence-corrected chi connectivity index (χ4v) is 3.86. The molecule has 1 aliphatic heterocycles. The SMILES string of the molecule is Oc1cc(-c2cn[nH]c2)ccc1-c1cnc(N2CCC(NC3CCC3)C2)nn1. The van der Waals surface area contributed by atoms with Crippen LogP contribution in [0.4, 0.5) is 5.95 Å². The van der Waals surface area contributed by atoms with Gasteiger partial charge in [-0.25, -0.2) is 4.98 Å². The number of H-pyrrole nitrogens is 1. The number of hydrogen-bond acceptors (Lipinski definition) is 7. The molecule has 1 aliphatic carbocycles. The van der Waals surface area contributed by atoms with Crippen LogP contribution in [0.25, 0.3) is 22.4 Å². The van der Waals surface area contributed by atoms with Gasteiger partial charge < -0.3 is 15.3 Å².